The van der Waals surface area contributed by atoms with Crippen LogP contribution in [0.25, 0.3) is 5.57 Å². The molecule has 0 radical (unpaired) electrons. The van der Waals surface area contributed by atoms with E-state index in [1.54, 1.807) is 19.1 Å². The van der Waals surface area contributed by atoms with Crippen LogP contribution in [0, 0.1) is 18.3 Å². The number of aryl methyl sites for hydroxylation is 1. The summed E-state index contributed by atoms with van der Waals surface area (Å²) in [6.07, 6.45) is -0.366. The molecule has 3 rings (SSSR count). The quantitative estimate of drug-likeness (QED) is 0.353. The van der Waals surface area contributed by atoms with E-state index >= 15 is 0 Å². The van der Waals surface area contributed by atoms with Gasteiger partial charge in [0.25, 0.3) is 0 Å². The van der Waals surface area contributed by atoms with E-state index in [4.69, 9.17) is 9.47 Å². The highest BCUT2D eigenvalue weighted by atomic mass is 32.2. The molecule has 0 saturated heterocycles. The third-order valence-electron chi connectivity index (χ3n) is 6.15. The summed E-state index contributed by atoms with van der Waals surface area (Å²) in [6, 6.07) is 15.6. The van der Waals surface area contributed by atoms with Crippen molar-refractivity contribution in [1.29, 1.82) is 0 Å². The van der Waals surface area contributed by atoms with Crippen molar-refractivity contribution in [2.24, 2.45) is 11.3 Å². The van der Waals surface area contributed by atoms with Crippen molar-refractivity contribution in [3.8, 4) is 0 Å². The van der Waals surface area contributed by atoms with Crippen LogP contribution in [-0.4, -0.2) is 34.6 Å². The summed E-state index contributed by atoms with van der Waals surface area (Å²) < 4.78 is 37.9. The number of esters is 2. The van der Waals surface area contributed by atoms with Gasteiger partial charge in [-0.15, -0.1) is 0 Å². The molecule has 1 aliphatic carbocycles. The molecule has 0 bridgehead atoms. The number of ether oxygens (including phenoxy) is 2. The first-order chi connectivity index (χ1) is 15.6. The molecule has 6 nitrogen and oxygen atoms in total. The van der Waals surface area contributed by atoms with Gasteiger partial charge in [0.2, 0.25) is 9.84 Å². The Labute approximate surface area is 194 Å². The zero-order valence-electron chi connectivity index (χ0n) is 19.3. The molecular weight excluding hydrogens is 440 g/mol. The Hall–Kier alpha value is -3.19. The highest BCUT2D eigenvalue weighted by Gasteiger charge is 2.55. The van der Waals surface area contributed by atoms with Gasteiger partial charge in [0, 0.05) is 12.3 Å². The maximum absolute atomic E-state index is 14.0. The van der Waals surface area contributed by atoms with Crippen molar-refractivity contribution < 1.29 is 27.5 Å². The topological polar surface area (TPSA) is 86.7 Å². The van der Waals surface area contributed by atoms with E-state index in [-0.39, 0.29) is 22.6 Å². The van der Waals surface area contributed by atoms with Crippen LogP contribution in [0.2, 0.25) is 0 Å². The molecule has 0 heterocycles. The maximum Gasteiger partial charge on any atom is 0.323 e. The van der Waals surface area contributed by atoms with Gasteiger partial charge in [0.15, 0.2) is 5.41 Å². The average Bonchev–Trinajstić information content (AvgIpc) is 2.82. The summed E-state index contributed by atoms with van der Waals surface area (Å²) in [4.78, 5) is 26.0. The lowest BCUT2D eigenvalue weighted by Crippen LogP contribution is -2.46. The largest absolute Gasteiger partial charge is 0.468 e. The lowest BCUT2D eigenvalue weighted by atomic mass is 9.66. The van der Waals surface area contributed by atoms with Gasteiger partial charge < -0.3 is 9.47 Å². The van der Waals surface area contributed by atoms with E-state index in [1.807, 2.05) is 37.3 Å². The van der Waals surface area contributed by atoms with E-state index in [2.05, 4.69) is 6.58 Å². The fourth-order valence-corrected chi connectivity index (χ4v) is 6.14. The van der Waals surface area contributed by atoms with Gasteiger partial charge in [-0.25, -0.2) is 8.42 Å². The van der Waals surface area contributed by atoms with Crippen LogP contribution < -0.4 is 0 Å². The summed E-state index contributed by atoms with van der Waals surface area (Å²) in [7, 11) is -1.73. The SMILES string of the molecule is C=C(C)[C@@H]1CC(C(=O)OC)(C(=O)OC)CC(S(=O)(=O)c2ccc(C)cc2)=C1c1ccccc1. The third kappa shape index (κ3) is 4.37. The van der Waals surface area contributed by atoms with Gasteiger partial charge in [-0.05, 0) is 43.5 Å². The molecule has 1 atom stereocenters. The highest BCUT2D eigenvalue weighted by Crippen LogP contribution is 2.52. The van der Waals surface area contributed by atoms with E-state index in [0.29, 0.717) is 16.7 Å². The Morgan fingerprint density at radius 1 is 0.970 bits per heavy atom. The minimum Gasteiger partial charge on any atom is -0.468 e. The van der Waals surface area contributed by atoms with Crippen LogP contribution in [-0.2, 0) is 28.9 Å². The molecule has 0 aliphatic heterocycles. The predicted octanol–water partition coefficient (Wildman–Crippen LogP) is 4.50. The lowest BCUT2D eigenvalue weighted by Gasteiger charge is -2.39. The van der Waals surface area contributed by atoms with E-state index in [1.165, 1.54) is 26.4 Å². The fourth-order valence-electron chi connectivity index (χ4n) is 4.37. The average molecular weight is 469 g/mol. The highest BCUT2D eigenvalue weighted by molar-refractivity contribution is 7.95. The Bertz CT molecular complexity index is 1190. The second-order valence-corrected chi connectivity index (χ2v) is 10.3. The number of hydrogen-bond donors (Lipinski definition) is 0. The van der Waals surface area contributed by atoms with Crippen LogP contribution in [0.5, 0.6) is 0 Å². The van der Waals surface area contributed by atoms with Gasteiger partial charge in [0.1, 0.15) is 0 Å². The number of rotatable bonds is 6. The van der Waals surface area contributed by atoms with Crippen LogP contribution in [0.3, 0.4) is 0 Å². The van der Waals surface area contributed by atoms with Crippen molar-refractivity contribution in [1.82, 2.24) is 0 Å². The standard InChI is InChI=1S/C26H28O6S/c1-17(2)21-15-26(24(27)31-4,25(28)32-5)16-22(23(21)19-9-7-6-8-10-19)33(29,30)20-13-11-18(3)12-14-20/h6-14,21H,1,15-16H2,2-5H3/t21-/m0/s1. The van der Waals surface area contributed by atoms with Crippen molar-refractivity contribution in [3.63, 3.8) is 0 Å². The molecular formula is C26H28O6S. The normalized spacial score (nSPS) is 17.9. The monoisotopic (exact) mass is 468 g/mol. The molecule has 2 aromatic rings. The summed E-state index contributed by atoms with van der Waals surface area (Å²) in [6.45, 7) is 7.68. The fraction of sp³-hybridized carbons (Fsp3) is 0.308. The first kappa shape index (κ1) is 24.5. The second kappa shape index (κ2) is 9.35. The first-order valence-electron chi connectivity index (χ1n) is 10.5. The number of benzene rings is 2. The summed E-state index contributed by atoms with van der Waals surface area (Å²) >= 11 is 0. The number of hydrogen-bond acceptors (Lipinski definition) is 6. The number of allylic oxidation sites excluding steroid dienone is 3. The minimum absolute atomic E-state index is 0.00117. The van der Waals surface area contributed by atoms with Gasteiger partial charge in [-0.2, -0.15) is 0 Å². The number of sulfone groups is 1. The minimum atomic E-state index is -4.07. The van der Waals surface area contributed by atoms with E-state index in [9.17, 15) is 18.0 Å². The van der Waals surface area contributed by atoms with Gasteiger partial charge in [-0.1, -0.05) is 60.2 Å². The van der Waals surface area contributed by atoms with Crippen molar-refractivity contribution in [3.05, 3.63) is 82.8 Å². The van der Waals surface area contributed by atoms with Crippen molar-refractivity contribution >= 4 is 27.3 Å². The molecule has 0 fully saturated rings. The van der Waals surface area contributed by atoms with Crippen LogP contribution >= 0.6 is 0 Å². The number of carbonyl (C=O) groups excluding carboxylic acids is 2. The Morgan fingerprint density at radius 3 is 2.00 bits per heavy atom. The first-order valence-corrected chi connectivity index (χ1v) is 12.0. The van der Waals surface area contributed by atoms with Crippen LogP contribution in [0.15, 0.2) is 76.5 Å². The maximum atomic E-state index is 14.0. The Morgan fingerprint density at radius 2 is 1.52 bits per heavy atom. The molecule has 0 aromatic heterocycles. The predicted molar refractivity (Wildman–Crippen MR) is 126 cm³/mol. The molecule has 2 aromatic carbocycles. The molecule has 7 heteroatoms. The van der Waals surface area contributed by atoms with Crippen LogP contribution in [0.4, 0.5) is 0 Å². The molecule has 0 spiro atoms. The van der Waals surface area contributed by atoms with Gasteiger partial charge in [0.05, 0.1) is 24.0 Å². The molecule has 0 saturated carbocycles. The zero-order chi connectivity index (χ0) is 24.4. The second-order valence-electron chi connectivity index (χ2n) is 8.36. The van der Waals surface area contributed by atoms with Crippen molar-refractivity contribution in [2.45, 2.75) is 31.6 Å². The van der Waals surface area contributed by atoms with Gasteiger partial charge in [-0.3, -0.25) is 9.59 Å². The van der Waals surface area contributed by atoms with E-state index in [0.717, 1.165) is 5.56 Å². The summed E-state index contributed by atoms with van der Waals surface area (Å²) in [5.41, 5.74) is 0.959. The van der Waals surface area contributed by atoms with Crippen molar-refractivity contribution in [2.75, 3.05) is 14.2 Å². The number of methoxy groups -OCH3 is 2. The lowest BCUT2D eigenvalue weighted by molar-refractivity contribution is -0.170. The molecule has 0 amide bonds. The summed E-state index contributed by atoms with van der Waals surface area (Å²) in [5.74, 6) is -2.25. The summed E-state index contributed by atoms with van der Waals surface area (Å²) in [5, 5.41) is 0. The molecule has 0 N–H and O–H groups in total. The number of carbonyl (C=O) groups is 2. The van der Waals surface area contributed by atoms with Gasteiger partial charge >= 0.3 is 11.9 Å². The molecule has 33 heavy (non-hydrogen) atoms. The molecule has 0 unspecified atom stereocenters. The smallest absolute Gasteiger partial charge is 0.323 e. The Balaban J connectivity index is 2.40. The van der Waals surface area contributed by atoms with Crippen LogP contribution in [0.1, 0.15) is 30.9 Å². The third-order valence-corrected chi connectivity index (χ3v) is 8.06. The molecule has 174 valence electrons. The van der Waals surface area contributed by atoms with E-state index < -0.39 is 33.1 Å². The Kier molecular flexibility index (Phi) is 6.93. The zero-order valence-corrected chi connectivity index (χ0v) is 20.1. The molecule has 1 aliphatic rings.